The van der Waals surface area contributed by atoms with Crippen LogP contribution < -0.4 is 10.2 Å². The molecule has 0 aromatic heterocycles. The first kappa shape index (κ1) is 24.0. The number of carbonyl (C=O) groups excluding carboxylic acids is 1. The molecular formula is C17H28Cl2N4O3S. The van der Waals surface area contributed by atoms with Gasteiger partial charge in [-0.2, -0.15) is 4.31 Å². The van der Waals surface area contributed by atoms with E-state index < -0.39 is 15.8 Å². The summed E-state index contributed by atoms with van der Waals surface area (Å²) < 4.78 is 26.6. The Labute approximate surface area is 173 Å². The Kier molecular flexibility index (Phi) is 9.30. The lowest BCUT2D eigenvalue weighted by Crippen LogP contribution is -2.52. The fourth-order valence-electron chi connectivity index (χ4n) is 3.30. The molecule has 2 saturated heterocycles. The maximum Gasteiger partial charge on any atom is 0.239 e. The molecule has 10 heteroatoms. The lowest BCUT2D eigenvalue weighted by Gasteiger charge is -2.36. The summed E-state index contributed by atoms with van der Waals surface area (Å²) in [6.45, 7) is 6.78. The summed E-state index contributed by atoms with van der Waals surface area (Å²) in [6, 6.07) is 8.22. The van der Waals surface area contributed by atoms with Gasteiger partial charge in [-0.3, -0.25) is 4.79 Å². The number of piperazine rings is 2. The SMILES string of the molecule is Cc1cccc(N2CCN(S(=O)(=O)CC(=O)N3CCNCC3)CC2)c1.Cl.Cl. The second-order valence-corrected chi connectivity index (χ2v) is 8.58. The fourth-order valence-corrected chi connectivity index (χ4v) is 4.70. The first-order valence-corrected chi connectivity index (χ1v) is 10.3. The van der Waals surface area contributed by atoms with Crippen molar-refractivity contribution in [3.05, 3.63) is 29.8 Å². The predicted molar refractivity (Wildman–Crippen MR) is 113 cm³/mol. The van der Waals surface area contributed by atoms with Gasteiger partial charge in [0.05, 0.1) is 0 Å². The van der Waals surface area contributed by atoms with Gasteiger partial charge in [-0.25, -0.2) is 8.42 Å². The van der Waals surface area contributed by atoms with E-state index in [1.165, 1.54) is 9.87 Å². The minimum absolute atomic E-state index is 0. The van der Waals surface area contributed by atoms with E-state index in [-0.39, 0.29) is 30.7 Å². The molecule has 154 valence electrons. The zero-order valence-electron chi connectivity index (χ0n) is 15.5. The van der Waals surface area contributed by atoms with Gasteiger partial charge in [0.1, 0.15) is 5.75 Å². The molecule has 1 amide bonds. The fraction of sp³-hybridized carbons (Fsp3) is 0.588. The van der Waals surface area contributed by atoms with E-state index in [0.29, 0.717) is 39.3 Å². The maximum atomic E-state index is 12.6. The van der Waals surface area contributed by atoms with Crippen molar-refractivity contribution >= 4 is 46.4 Å². The summed E-state index contributed by atoms with van der Waals surface area (Å²) >= 11 is 0. The first-order chi connectivity index (χ1) is 12.0. The molecule has 3 rings (SSSR count). The Balaban J connectivity index is 0.00000182. The van der Waals surface area contributed by atoms with Crippen LogP contribution in [0.4, 0.5) is 5.69 Å². The molecule has 2 aliphatic heterocycles. The largest absolute Gasteiger partial charge is 0.369 e. The van der Waals surface area contributed by atoms with E-state index >= 15 is 0 Å². The van der Waals surface area contributed by atoms with E-state index in [4.69, 9.17) is 0 Å². The van der Waals surface area contributed by atoms with Crippen molar-refractivity contribution in [2.75, 3.05) is 63.0 Å². The number of hydrogen-bond donors (Lipinski definition) is 1. The van der Waals surface area contributed by atoms with Gasteiger partial charge in [-0.1, -0.05) is 12.1 Å². The molecule has 0 saturated carbocycles. The number of nitrogens with zero attached hydrogens (tertiary/aromatic N) is 3. The second kappa shape index (κ2) is 10.5. The van der Waals surface area contributed by atoms with Gasteiger partial charge >= 0.3 is 0 Å². The summed E-state index contributed by atoms with van der Waals surface area (Å²) in [7, 11) is -3.55. The average molecular weight is 439 g/mol. The van der Waals surface area contributed by atoms with Crippen LogP contribution in [0.1, 0.15) is 5.56 Å². The quantitative estimate of drug-likeness (QED) is 0.749. The monoisotopic (exact) mass is 438 g/mol. The highest BCUT2D eigenvalue weighted by Gasteiger charge is 2.31. The molecule has 1 aromatic rings. The molecule has 0 spiro atoms. The number of aryl methyl sites for hydroxylation is 1. The minimum Gasteiger partial charge on any atom is -0.369 e. The van der Waals surface area contributed by atoms with Crippen molar-refractivity contribution in [3.63, 3.8) is 0 Å². The summed E-state index contributed by atoms with van der Waals surface area (Å²) in [5.74, 6) is -0.708. The van der Waals surface area contributed by atoms with Crippen molar-refractivity contribution in [2.24, 2.45) is 0 Å². The minimum atomic E-state index is -3.55. The third-order valence-corrected chi connectivity index (χ3v) is 6.54. The molecule has 27 heavy (non-hydrogen) atoms. The van der Waals surface area contributed by atoms with E-state index in [2.05, 4.69) is 16.3 Å². The molecular weight excluding hydrogens is 411 g/mol. The van der Waals surface area contributed by atoms with Crippen LogP contribution in [0.2, 0.25) is 0 Å². The van der Waals surface area contributed by atoms with Crippen LogP contribution in [-0.4, -0.2) is 81.6 Å². The predicted octanol–water partition coefficient (Wildman–Crippen LogP) is 0.722. The Morgan fingerprint density at radius 2 is 1.67 bits per heavy atom. The number of halogens is 2. The smallest absolute Gasteiger partial charge is 0.239 e. The molecule has 2 heterocycles. The molecule has 2 aliphatic rings. The standard InChI is InChI=1S/C17H26N4O3S.2ClH/c1-15-3-2-4-16(13-15)19-9-11-21(12-10-19)25(23,24)14-17(22)20-7-5-18-6-8-20;;/h2-4,13,18H,5-12,14H2,1H3;2*1H. The molecule has 1 aromatic carbocycles. The van der Waals surface area contributed by atoms with Crippen molar-refractivity contribution in [2.45, 2.75) is 6.92 Å². The van der Waals surface area contributed by atoms with E-state index in [1.807, 2.05) is 25.1 Å². The average Bonchev–Trinajstić information content (AvgIpc) is 2.62. The number of rotatable bonds is 4. The van der Waals surface area contributed by atoms with Crippen molar-refractivity contribution in [3.8, 4) is 0 Å². The van der Waals surface area contributed by atoms with E-state index in [1.54, 1.807) is 4.90 Å². The molecule has 0 unspecified atom stereocenters. The van der Waals surface area contributed by atoms with Crippen LogP contribution in [0.3, 0.4) is 0 Å². The highest BCUT2D eigenvalue weighted by atomic mass is 35.5. The number of anilines is 1. The lowest BCUT2D eigenvalue weighted by atomic mass is 10.2. The summed E-state index contributed by atoms with van der Waals surface area (Å²) in [4.78, 5) is 16.1. The molecule has 1 N–H and O–H groups in total. The highest BCUT2D eigenvalue weighted by Crippen LogP contribution is 2.19. The molecule has 0 atom stereocenters. The van der Waals surface area contributed by atoms with Gasteiger partial charge in [0.15, 0.2) is 0 Å². The lowest BCUT2D eigenvalue weighted by molar-refractivity contribution is -0.129. The van der Waals surface area contributed by atoms with Gasteiger partial charge in [0, 0.05) is 58.0 Å². The zero-order chi connectivity index (χ0) is 17.9. The number of benzene rings is 1. The van der Waals surface area contributed by atoms with Crippen LogP contribution in [0, 0.1) is 6.92 Å². The molecule has 0 radical (unpaired) electrons. The van der Waals surface area contributed by atoms with Crippen LogP contribution in [0.25, 0.3) is 0 Å². The number of carbonyl (C=O) groups is 1. The zero-order valence-corrected chi connectivity index (χ0v) is 17.9. The maximum absolute atomic E-state index is 12.6. The van der Waals surface area contributed by atoms with Crippen LogP contribution in [0.15, 0.2) is 24.3 Å². The first-order valence-electron chi connectivity index (χ1n) is 8.74. The van der Waals surface area contributed by atoms with Crippen LogP contribution in [-0.2, 0) is 14.8 Å². The number of amides is 1. The number of nitrogens with one attached hydrogen (secondary N) is 1. The van der Waals surface area contributed by atoms with Crippen molar-refractivity contribution in [1.82, 2.24) is 14.5 Å². The third-order valence-electron chi connectivity index (χ3n) is 4.77. The molecule has 0 bridgehead atoms. The third kappa shape index (κ3) is 6.22. The van der Waals surface area contributed by atoms with E-state index in [9.17, 15) is 13.2 Å². The van der Waals surface area contributed by atoms with Gasteiger partial charge < -0.3 is 15.1 Å². The second-order valence-electron chi connectivity index (χ2n) is 6.61. The van der Waals surface area contributed by atoms with Gasteiger partial charge in [0.25, 0.3) is 0 Å². The van der Waals surface area contributed by atoms with Crippen molar-refractivity contribution in [1.29, 1.82) is 0 Å². The normalized spacial score (nSPS) is 18.4. The van der Waals surface area contributed by atoms with E-state index in [0.717, 1.165) is 18.8 Å². The van der Waals surface area contributed by atoms with Crippen LogP contribution >= 0.6 is 24.8 Å². The Bertz CT molecular complexity index is 719. The molecule has 0 aliphatic carbocycles. The summed E-state index contributed by atoms with van der Waals surface area (Å²) in [6.07, 6.45) is 0. The summed E-state index contributed by atoms with van der Waals surface area (Å²) in [5.41, 5.74) is 2.31. The molecule has 2 fully saturated rings. The van der Waals surface area contributed by atoms with Crippen LogP contribution in [0.5, 0.6) is 0 Å². The highest BCUT2D eigenvalue weighted by molar-refractivity contribution is 7.89. The Morgan fingerprint density at radius 1 is 1.04 bits per heavy atom. The topological polar surface area (TPSA) is 73.0 Å². The van der Waals surface area contributed by atoms with Gasteiger partial charge in [-0.05, 0) is 24.6 Å². The Morgan fingerprint density at radius 3 is 2.26 bits per heavy atom. The van der Waals surface area contributed by atoms with Gasteiger partial charge in [-0.15, -0.1) is 24.8 Å². The van der Waals surface area contributed by atoms with Gasteiger partial charge in [0.2, 0.25) is 15.9 Å². The molecule has 7 nitrogen and oxygen atoms in total. The summed E-state index contributed by atoms with van der Waals surface area (Å²) in [5, 5.41) is 3.16. The van der Waals surface area contributed by atoms with Crippen molar-refractivity contribution < 1.29 is 13.2 Å². The number of hydrogen-bond acceptors (Lipinski definition) is 5. The number of sulfonamides is 1. The Hall–Kier alpha value is -1.06.